The zero-order valence-electron chi connectivity index (χ0n) is 11.6. The van der Waals surface area contributed by atoms with E-state index >= 15 is 0 Å². The monoisotopic (exact) mass is 277 g/mol. The molecule has 0 radical (unpaired) electrons. The van der Waals surface area contributed by atoms with Gasteiger partial charge in [0.15, 0.2) is 0 Å². The highest BCUT2D eigenvalue weighted by molar-refractivity contribution is 7.99. The van der Waals surface area contributed by atoms with Crippen LogP contribution in [0.25, 0.3) is 0 Å². The van der Waals surface area contributed by atoms with Gasteiger partial charge >= 0.3 is 0 Å². The third kappa shape index (κ3) is 2.77. The van der Waals surface area contributed by atoms with Crippen molar-refractivity contribution in [2.75, 3.05) is 6.26 Å². The van der Waals surface area contributed by atoms with Gasteiger partial charge in [-0.25, -0.2) is 0 Å². The summed E-state index contributed by atoms with van der Waals surface area (Å²) in [5, 5.41) is 14.4. The van der Waals surface area contributed by atoms with Gasteiger partial charge in [0.05, 0.1) is 0 Å². The van der Waals surface area contributed by atoms with Crippen LogP contribution in [0.1, 0.15) is 49.3 Å². The first-order chi connectivity index (χ1) is 9.28. The van der Waals surface area contributed by atoms with Gasteiger partial charge in [-0.15, -0.1) is 0 Å². The lowest BCUT2D eigenvalue weighted by Crippen LogP contribution is -2.38. The molecule has 1 fully saturated rings. The number of thioether (sulfide) groups is 1. The number of aromatic hydroxyl groups is 1. The zero-order chi connectivity index (χ0) is 13.2. The van der Waals surface area contributed by atoms with Gasteiger partial charge in [0.25, 0.3) is 0 Å². The van der Waals surface area contributed by atoms with Crippen molar-refractivity contribution in [1.82, 2.24) is 5.32 Å². The lowest BCUT2D eigenvalue weighted by Gasteiger charge is -2.31. The lowest BCUT2D eigenvalue weighted by molar-refractivity contribution is 0.398. The van der Waals surface area contributed by atoms with Crippen LogP contribution in [-0.4, -0.2) is 22.7 Å². The summed E-state index contributed by atoms with van der Waals surface area (Å²) in [6.07, 6.45) is 9.84. The minimum Gasteiger partial charge on any atom is -0.508 e. The Morgan fingerprint density at radius 2 is 2.11 bits per heavy atom. The van der Waals surface area contributed by atoms with E-state index in [1.54, 1.807) is 0 Å². The summed E-state index contributed by atoms with van der Waals surface area (Å²) in [5.41, 5.74) is 2.75. The molecule has 0 heterocycles. The SMILES string of the molecule is CSC1CCCC1NC1CCCc2ccc(O)cc21. The standard InChI is InChI=1S/C16H23NOS/c1-19-16-7-3-6-15(16)17-14-5-2-4-11-8-9-12(18)10-13(11)14/h8-10,14-18H,2-7H2,1H3. The second kappa shape index (κ2) is 5.76. The van der Waals surface area contributed by atoms with Crippen molar-refractivity contribution < 1.29 is 5.11 Å². The number of hydrogen-bond acceptors (Lipinski definition) is 3. The Kier molecular flexibility index (Phi) is 4.04. The number of phenolic OH excluding ortho intramolecular Hbond substituents is 1. The third-order valence-corrected chi connectivity index (χ3v) is 5.78. The predicted octanol–water partition coefficient (Wildman–Crippen LogP) is 3.64. The fourth-order valence-corrected chi connectivity index (χ4v) is 4.56. The van der Waals surface area contributed by atoms with Crippen LogP contribution in [0, 0.1) is 0 Å². The molecule has 19 heavy (non-hydrogen) atoms. The highest BCUT2D eigenvalue weighted by Crippen LogP contribution is 2.35. The fraction of sp³-hybridized carbons (Fsp3) is 0.625. The summed E-state index contributed by atoms with van der Waals surface area (Å²) in [6.45, 7) is 0. The minimum absolute atomic E-state index is 0.403. The van der Waals surface area contributed by atoms with Crippen LogP contribution in [0.15, 0.2) is 18.2 Å². The molecule has 2 aliphatic rings. The van der Waals surface area contributed by atoms with Crippen molar-refractivity contribution in [3.05, 3.63) is 29.3 Å². The van der Waals surface area contributed by atoms with E-state index in [4.69, 9.17) is 0 Å². The van der Waals surface area contributed by atoms with E-state index < -0.39 is 0 Å². The number of benzene rings is 1. The largest absolute Gasteiger partial charge is 0.508 e. The molecular formula is C16H23NOS. The molecule has 1 aromatic carbocycles. The number of phenols is 1. The molecular weight excluding hydrogens is 254 g/mol. The van der Waals surface area contributed by atoms with Crippen molar-refractivity contribution in [2.45, 2.75) is 55.9 Å². The summed E-state index contributed by atoms with van der Waals surface area (Å²) >= 11 is 2.00. The van der Waals surface area contributed by atoms with Gasteiger partial charge in [-0.1, -0.05) is 12.5 Å². The highest BCUT2D eigenvalue weighted by Gasteiger charge is 2.30. The minimum atomic E-state index is 0.403. The molecule has 0 saturated heterocycles. The molecule has 0 amide bonds. The molecule has 3 atom stereocenters. The first-order valence-electron chi connectivity index (χ1n) is 7.38. The van der Waals surface area contributed by atoms with Crippen LogP contribution in [0.2, 0.25) is 0 Å². The maximum atomic E-state index is 9.73. The van der Waals surface area contributed by atoms with Crippen molar-refractivity contribution >= 4 is 11.8 Å². The number of nitrogens with one attached hydrogen (secondary N) is 1. The van der Waals surface area contributed by atoms with Gasteiger partial charge in [-0.05, 0) is 61.6 Å². The molecule has 2 N–H and O–H groups in total. The smallest absolute Gasteiger partial charge is 0.115 e. The molecule has 104 valence electrons. The van der Waals surface area contributed by atoms with E-state index in [-0.39, 0.29) is 0 Å². The van der Waals surface area contributed by atoms with E-state index in [0.29, 0.717) is 17.8 Å². The van der Waals surface area contributed by atoms with Crippen molar-refractivity contribution in [3.63, 3.8) is 0 Å². The highest BCUT2D eigenvalue weighted by atomic mass is 32.2. The molecule has 2 aliphatic carbocycles. The number of hydrogen-bond donors (Lipinski definition) is 2. The van der Waals surface area contributed by atoms with Gasteiger partial charge in [-0.2, -0.15) is 11.8 Å². The quantitative estimate of drug-likeness (QED) is 0.884. The number of fused-ring (bicyclic) bond motifs is 1. The predicted molar refractivity (Wildman–Crippen MR) is 81.9 cm³/mol. The van der Waals surface area contributed by atoms with Gasteiger partial charge in [-0.3, -0.25) is 0 Å². The summed E-state index contributed by atoms with van der Waals surface area (Å²) in [6, 6.07) is 6.97. The second-order valence-electron chi connectivity index (χ2n) is 5.81. The van der Waals surface area contributed by atoms with Gasteiger partial charge in [0.1, 0.15) is 5.75 Å². The van der Waals surface area contributed by atoms with Crippen LogP contribution in [0.4, 0.5) is 0 Å². The maximum absolute atomic E-state index is 9.73. The molecule has 0 aromatic heterocycles. The van der Waals surface area contributed by atoms with Crippen LogP contribution >= 0.6 is 11.8 Å². The Bertz CT molecular complexity index is 448. The average Bonchev–Trinajstić information content (AvgIpc) is 2.87. The lowest BCUT2D eigenvalue weighted by atomic mass is 9.87. The summed E-state index contributed by atoms with van der Waals surface area (Å²) in [4.78, 5) is 0. The maximum Gasteiger partial charge on any atom is 0.115 e. The van der Waals surface area contributed by atoms with Crippen LogP contribution in [-0.2, 0) is 6.42 Å². The molecule has 0 bridgehead atoms. The Hall–Kier alpha value is -0.670. The Morgan fingerprint density at radius 1 is 1.21 bits per heavy atom. The Morgan fingerprint density at radius 3 is 2.95 bits per heavy atom. The summed E-state index contributed by atoms with van der Waals surface area (Å²) < 4.78 is 0. The average molecular weight is 277 g/mol. The van der Waals surface area contributed by atoms with Crippen molar-refractivity contribution in [3.8, 4) is 5.75 Å². The van der Waals surface area contributed by atoms with E-state index in [1.165, 1.54) is 43.2 Å². The van der Waals surface area contributed by atoms with Gasteiger partial charge in [0.2, 0.25) is 0 Å². The van der Waals surface area contributed by atoms with Gasteiger partial charge in [0, 0.05) is 17.3 Å². The molecule has 3 rings (SSSR count). The summed E-state index contributed by atoms with van der Waals surface area (Å²) in [7, 11) is 0. The molecule has 3 unspecified atom stereocenters. The normalized spacial score (nSPS) is 30.3. The van der Waals surface area contributed by atoms with E-state index in [1.807, 2.05) is 23.9 Å². The topological polar surface area (TPSA) is 32.3 Å². The number of rotatable bonds is 3. The molecule has 3 heteroatoms. The van der Waals surface area contributed by atoms with Crippen molar-refractivity contribution in [1.29, 1.82) is 0 Å². The third-order valence-electron chi connectivity index (χ3n) is 4.61. The van der Waals surface area contributed by atoms with Crippen molar-refractivity contribution in [2.24, 2.45) is 0 Å². The first-order valence-corrected chi connectivity index (χ1v) is 8.67. The van der Waals surface area contributed by atoms with E-state index in [0.717, 1.165) is 11.7 Å². The zero-order valence-corrected chi connectivity index (χ0v) is 12.4. The molecule has 0 aliphatic heterocycles. The molecule has 0 spiro atoms. The van der Waals surface area contributed by atoms with E-state index in [9.17, 15) is 5.11 Å². The Balaban J connectivity index is 1.78. The molecule has 1 aromatic rings. The van der Waals surface area contributed by atoms with Gasteiger partial charge < -0.3 is 10.4 Å². The fourth-order valence-electron chi connectivity index (χ4n) is 3.62. The number of aryl methyl sites for hydroxylation is 1. The van der Waals surface area contributed by atoms with Crippen LogP contribution in [0.5, 0.6) is 5.75 Å². The first kappa shape index (κ1) is 13.3. The molecule has 1 saturated carbocycles. The summed E-state index contributed by atoms with van der Waals surface area (Å²) in [5.74, 6) is 0.403. The van der Waals surface area contributed by atoms with Crippen LogP contribution < -0.4 is 5.32 Å². The molecule has 2 nitrogen and oxygen atoms in total. The second-order valence-corrected chi connectivity index (χ2v) is 6.88. The Labute approximate surface area is 120 Å². The van der Waals surface area contributed by atoms with Crippen LogP contribution in [0.3, 0.4) is 0 Å². The van der Waals surface area contributed by atoms with E-state index in [2.05, 4.69) is 17.6 Å².